The number of ether oxygens (including phenoxy) is 3. The molecule has 0 amide bonds. The number of ketones is 1. The highest BCUT2D eigenvalue weighted by Gasteiger charge is 2.17. The van der Waals surface area contributed by atoms with Crippen LogP contribution in [0.15, 0.2) is 66.7 Å². The first kappa shape index (κ1) is 25.3. The highest BCUT2D eigenvalue weighted by molar-refractivity contribution is 6.34. The lowest BCUT2D eigenvalue weighted by atomic mass is 9.88. The molecule has 3 rings (SSSR count). The maximum absolute atomic E-state index is 13.5. The van der Waals surface area contributed by atoms with Gasteiger partial charge in [0, 0.05) is 30.9 Å². The topological polar surface area (TPSA) is 104 Å². The number of methoxy groups -OCH3 is 1. The van der Waals surface area contributed by atoms with E-state index in [0.717, 1.165) is 18.2 Å². The Bertz CT molecular complexity index is 1150. The molecule has 1 aromatic heterocycles. The summed E-state index contributed by atoms with van der Waals surface area (Å²) >= 11 is 0. The minimum Gasteiger partial charge on any atom is -0.453 e. The van der Waals surface area contributed by atoms with Crippen molar-refractivity contribution in [3.8, 4) is 0 Å². The SMILES string of the molecule is COC(=O)OCO/C(=C\c1nccn1CCC(c1ccc(F)cc1)c1ccc(F)cc1)C(=O)C=N. The fraction of sp³-hybridized carbons (Fsp3) is 0.200. The molecule has 3 aromatic rings. The van der Waals surface area contributed by atoms with Crippen molar-refractivity contribution in [2.24, 2.45) is 0 Å². The van der Waals surface area contributed by atoms with Gasteiger partial charge in [-0.3, -0.25) is 4.79 Å². The number of aryl methyl sites for hydroxylation is 1. The molecule has 1 heterocycles. The molecule has 182 valence electrons. The molecule has 0 unspecified atom stereocenters. The van der Waals surface area contributed by atoms with Gasteiger partial charge in [-0.2, -0.15) is 0 Å². The van der Waals surface area contributed by atoms with Crippen LogP contribution in [0.3, 0.4) is 0 Å². The van der Waals surface area contributed by atoms with Crippen molar-refractivity contribution < 1.29 is 32.6 Å². The van der Waals surface area contributed by atoms with E-state index in [9.17, 15) is 18.4 Å². The van der Waals surface area contributed by atoms with E-state index in [0.29, 0.717) is 25.0 Å². The van der Waals surface area contributed by atoms with Gasteiger partial charge in [-0.25, -0.2) is 18.6 Å². The number of carbonyl (C=O) groups excluding carboxylic acids is 2. The molecule has 10 heteroatoms. The number of hydrogen-bond acceptors (Lipinski definition) is 7. The zero-order valence-electron chi connectivity index (χ0n) is 18.8. The second kappa shape index (κ2) is 12.2. The van der Waals surface area contributed by atoms with E-state index in [1.165, 1.54) is 36.5 Å². The Morgan fingerprint density at radius 2 is 1.63 bits per heavy atom. The average molecular weight is 483 g/mol. The average Bonchev–Trinajstić information content (AvgIpc) is 3.31. The summed E-state index contributed by atoms with van der Waals surface area (Å²) in [6.07, 6.45) is 4.70. The molecule has 0 aliphatic carbocycles. The largest absolute Gasteiger partial charge is 0.510 e. The predicted molar refractivity (Wildman–Crippen MR) is 123 cm³/mol. The van der Waals surface area contributed by atoms with Crippen molar-refractivity contribution in [1.82, 2.24) is 9.55 Å². The van der Waals surface area contributed by atoms with Crippen LogP contribution in [-0.4, -0.2) is 41.6 Å². The van der Waals surface area contributed by atoms with Gasteiger partial charge in [0.1, 0.15) is 17.5 Å². The highest BCUT2D eigenvalue weighted by Crippen LogP contribution is 2.29. The molecule has 0 atom stereocenters. The van der Waals surface area contributed by atoms with E-state index in [1.807, 2.05) is 0 Å². The van der Waals surface area contributed by atoms with E-state index in [-0.39, 0.29) is 23.3 Å². The first-order valence-corrected chi connectivity index (χ1v) is 10.5. The van der Waals surface area contributed by atoms with Gasteiger partial charge in [-0.1, -0.05) is 24.3 Å². The number of aromatic nitrogens is 2. The van der Waals surface area contributed by atoms with Crippen molar-refractivity contribution in [3.05, 3.63) is 95.3 Å². The van der Waals surface area contributed by atoms with Crippen molar-refractivity contribution >= 4 is 24.2 Å². The molecule has 8 nitrogen and oxygen atoms in total. The number of Topliss-reactive ketones (excluding diaryl/α,β-unsaturated/α-hetero) is 1. The molecule has 0 saturated carbocycles. The van der Waals surface area contributed by atoms with E-state index < -0.39 is 18.7 Å². The maximum Gasteiger partial charge on any atom is 0.510 e. The van der Waals surface area contributed by atoms with Gasteiger partial charge in [-0.15, -0.1) is 0 Å². The Labute approximate surface area is 200 Å². The Morgan fingerprint density at radius 3 is 2.17 bits per heavy atom. The number of imidazole rings is 1. The van der Waals surface area contributed by atoms with Crippen molar-refractivity contribution in [2.45, 2.75) is 18.9 Å². The summed E-state index contributed by atoms with van der Waals surface area (Å²) in [4.78, 5) is 27.4. The second-order valence-electron chi connectivity index (χ2n) is 7.30. The van der Waals surface area contributed by atoms with Gasteiger partial charge in [0.05, 0.1) is 13.3 Å². The maximum atomic E-state index is 13.5. The van der Waals surface area contributed by atoms with Crippen molar-refractivity contribution in [3.63, 3.8) is 0 Å². The summed E-state index contributed by atoms with van der Waals surface area (Å²) in [5.41, 5.74) is 1.72. The molecule has 0 bridgehead atoms. The van der Waals surface area contributed by atoms with Gasteiger partial charge < -0.3 is 24.2 Å². The molecule has 0 aliphatic heterocycles. The standard InChI is InChI=1S/C25H23F2N3O5/c1-33-25(32)35-16-34-23(22(31)15-28)14-24-29-11-13-30(24)12-10-21(17-2-6-19(26)7-3-17)18-4-8-20(27)9-5-18/h2-9,11,13-15,21,28H,10,12,16H2,1H3/b23-14-,28-15?. The number of halogens is 2. The zero-order valence-corrected chi connectivity index (χ0v) is 18.8. The summed E-state index contributed by atoms with van der Waals surface area (Å²) in [6, 6.07) is 12.3. The van der Waals surface area contributed by atoms with Crippen LogP contribution in [0.2, 0.25) is 0 Å². The lowest BCUT2D eigenvalue weighted by Crippen LogP contribution is -2.13. The molecule has 0 spiro atoms. The zero-order chi connectivity index (χ0) is 25.2. The van der Waals surface area contributed by atoms with Gasteiger partial charge in [-0.05, 0) is 41.8 Å². The molecule has 2 aromatic carbocycles. The minimum atomic E-state index is -0.985. The third-order valence-corrected chi connectivity index (χ3v) is 5.14. The lowest BCUT2D eigenvalue weighted by Gasteiger charge is -2.19. The summed E-state index contributed by atoms with van der Waals surface area (Å²) in [7, 11) is 1.13. The molecule has 0 aliphatic rings. The summed E-state index contributed by atoms with van der Waals surface area (Å²) in [5, 5.41) is 7.23. The van der Waals surface area contributed by atoms with E-state index in [1.54, 1.807) is 35.0 Å². The molecule has 0 fully saturated rings. The quantitative estimate of drug-likeness (QED) is 0.139. The number of benzene rings is 2. The second-order valence-corrected chi connectivity index (χ2v) is 7.30. The first-order valence-electron chi connectivity index (χ1n) is 10.5. The molecule has 1 N–H and O–H groups in total. The predicted octanol–water partition coefficient (Wildman–Crippen LogP) is 4.70. The van der Waals surface area contributed by atoms with Crippen LogP contribution in [-0.2, 0) is 25.5 Å². The summed E-state index contributed by atoms with van der Waals surface area (Å²) in [6.45, 7) is -0.147. The van der Waals surface area contributed by atoms with Crippen LogP contribution in [0, 0.1) is 17.0 Å². The number of nitrogens with zero attached hydrogens (tertiary/aromatic N) is 2. The van der Waals surface area contributed by atoms with E-state index >= 15 is 0 Å². The van der Waals surface area contributed by atoms with E-state index in [4.69, 9.17) is 10.1 Å². The number of rotatable bonds is 11. The first-order chi connectivity index (χ1) is 16.9. The number of allylic oxidation sites excluding steroid dienone is 1. The van der Waals surface area contributed by atoms with Crippen LogP contribution in [0.25, 0.3) is 6.08 Å². The van der Waals surface area contributed by atoms with Gasteiger partial charge in [0.15, 0.2) is 5.76 Å². The fourth-order valence-electron chi connectivity index (χ4n) is 3.41. The van der Waals surface area contributed by atoms with Crippen molar-refractivity contribution in [2.75, 3.05) is 13.9 Å². The number of carbonyl (C=O) groups is 2. The highest BCUT2D eigenvalue weighted by atomic mass is 19.1. The molecule has 35 heavy (non-hydrogen) atoms. The Morgan fingerprint density at radius 1 is 1.03 bits per heavy atom. The molecule has 0 radical (unpaired) electrons. The number of nitrogens with one attached hydrogen (secondary N) is 1. The normalized spacial score (nSPS) is 11.3. The molecule has 0 saturated heterocycles. The Hall–Kier alpha value is -4.34. The van der Waals surface area contributed by atoms with Crippen LogP contribution < -0.4 is 0 Å². The number of hydrogen-bond donors (Lipinski definition) is 1. The third kappa shape index (κ3) is 7.07. The molecular formula is C25H23F2N3O5. The fourth-order valence-corrected chi connectivity index (χ4v) is 3.41. The summed E-state index contributed by atoms with van der Waals surface area (Å²) in [5.74, 6) is -1.50. The molecular weight excluding hydrogens is 460 g/mol. The van der Waals surface area contributed by atoms with Crippen molar-refractivity contribution in [1.29, 1.82) is 5.41 Å². The third-order valence-electron chi connectivity index (χ3n) is 5.14. The van der Waals surface area contributed by atoms with E-state index in [2.05, 4.69) is 14.5 Å². The van der Waals surface area contributed by atoms with Gasteiger partial charge >= 0.3 is 6.16 Å². The van der Waals surface area contributed by atoms with Crippen LogP contribution in [0.5, 0.6) is 0 Å². The Kier molecular flexibility index (Phi) is 8.82. The van der Waals surface area contributed by atoms with Crippen LogP contribution >= 0.6 is 0 Å². The van der Waals surface area contributed by atoms with Gasteiger partial charge in [0.25, 0.3) is 0 Å². The van der Waals surface area contributed by atoms with Gasteiger partial charge in [0.2, 0.25) is 12.6 Å². The van der Waals surface area contributed by atoms with Crippen LogP contribution in [0.4, 0.5) is 13.6 Å². The minimum absolute atomic E-state index is 0.164. The lowest BCUT2D eigenvalue weighted by molar-refractivity contribution is -0.114. The van der Waals surface area contributed by atoms with Crippen LogP contribution in [0.1, 0.15) is 29.3 Å². The summed E-state index contributed by atoms with van der Waals surface area (Å²) < 4.78 is 42.9. The Balaban J connectivity index is 1.81. The monoisotopic (exact) mass is 483 g/mol. The smallest absolute Gasteiger partial charge is 0.453 e.